The van der Waals surface area contributed by atoms with Crippen molar-refractivity contribution in [2.45, 2.75) is 13.0 Å². The lowest BCUT2D eigenvalue weighted by Gasteiger charge is -2.21. The molecule has 148 valence electrons. The highest BCUT2D eigenvalue weighted by Gasteiger charge is 2.19. The molecule has 0 spiro atoms. The van der Waals surface area contributed by atoms with Crippen LogP contribution in [0.2, 0.25) is 5.02 Å². The summed E-state index contributed by atoms with van der Waals surface area (Å²) in [5.41, 5.74) is 2.15. The van der Waals surface area contributed by atoms with Gasteiger partial charge in [0, 0.05) is 11.4 Å². The summed E-state index contributed by atoms with van der Waals surface area (Å²) >= 11 is 6.38. The van der Waals surface area contributed by atoms with Crippen molar-refractivity contribution in [2.24, 2.45) is 0 Å². The summed E-state index contributed by atoms with van der Waals surface area (Å²) in [5.74, 6) is 0.633. The van der Waals surface area contributed by atoms with Gasteiger partial charge in [0.25, 0.3) is 5.56 Å². The molecule has 0 aliphatic carbocycles. The Morgan fingerprint density at radius 3 is 2.77 bits per heavy atom. The second kappa shape index (κ2) is 7.27. The molecule has 0 saturated heterocycles. The van der Waals surface area contributed by atoms with E-state index in [-0.39, 0.29) is 11.6 Å². The topological polar surface area (TPSA) is 77.1 Å². The van der Waals surface area contributed by atoms with Gasteiger partial charge in [0.05, 0.1) is 22.6 Å². The average molecular weight is 417 g/mol. The van der Waals surface area contributed by atoms with Crippen molar-refractivity contribution in [3.63, 3.8) is 0 Å². The van der Waals surface area contributed by atoms with Crippen molar-refractivity contribution in [3.05, 3.63) is 94.5 Å². The van der Waals surface area contributed by atoms with Crippen molar-refractivity contribution in [1.29, 1.82) is 0 Å². The van der Waals surface area contributed by atoms with Crippen LogP contribution in [0.1, 0.15) is 18.7 Å². The highest BCUT2D eigenvalue weighted by molar-refractivity contribution is 6.35. The maximum absolute atomic E-state index is 13.5. The van der Waals surface area contributed by atoms with Gasteiger partial charge < -0.3 is 5.32 Å². The number of benzene rings is 2. The van der Waals surface area contributed by atoms with Crippen LogP contribution < -0.4 is 10.9 Å². The smallest absolute Gasteiger partial charge is 0.264 e. The largest absolute Gasteiger partial charge is 0.360 e. The standard InChI is InChI=1S/C22H17ClN6O/c1-14(27-21-19-11-24-13-28(19)26-12-25-21)18-10-15-6-5-9-17(23)20(15)22(30)29(18)16-7-3-2-4-8-16/h2-14H,1H3,(H,25,26,27)/t14-/m0/s1. The first-order valence-electron chi connectivity index (χ1n) is 9.43. The third kappa shape index (κ3) is 3.00. The van der Waals surface area contributed by atoms with Crippen LogP contribution in [0.4, 0.5) is 5.82 Å². The summed E-state index contributed by atoms with van der Waals surface area (Å²) in [6.45, 7) is 1.99. The zero-order valence-electron chi connectivity index (χ0n) is 16.0. The van der Waals surface area contributed by atoms with Crippen molar-refractivity contribution < 1.29 is 0 Å². The average Bonchev–Trinajstić information content (AvgIpc) is 3.24. The fraction of sp³-hybridized carbons (Fsp3) is 0.0909. The van der Waals surface area contributed by atoms with Crippen molar-refractivity contribution in [1.82, 2.24) is 24.1 Å². The Morgan fingerprint density at radius 1 is 1.10 bits per heavy atom. The van der Waals surface area contributed by atoms with Crippen LogP contribution in [0, 0.1) is 0 Å². The zero-order valence-corrected chi connectivity index (χ0v) is 16.8. The molecule has 3 aromatic heterocycles. The maximum Gasteiger partial charge on any atom is 0.264 e. The van der Waals surface area contributed by atoms with Gasteiger partial charge in [-0.15, -0.1) is 0 Å². The number of fused-ring (bicyclic) bond motifs is 2. The summed E-state index contributed by atoms with van der Waals surface area (Å²) in [6.07, 6.45) is 4.78. The number of nitrogens with zero attached hydrogens (tertiary/aromatic N) is 5. The molecule has 0 bridgehead atoms. The maximum atomic E-state index is 13.5. The van der Waals surface area contributed by atoms with E-state index in [1.165, 1.54) is 6.33 Å². The van der Waals surface area contributed by atoms with Crippen LogP contribution in [0.25, 0.3) is 22.0 Å². The van der Waals surface area contributed by atoms with Gasteiger partial charge in [-0.2, -0.15) is 5.10 Å². The lowest BCUT2D eigenvalue weighted by Crippen LogP contribution is -2.26. The third-order valence-electron chi connectivity index (χ3n) is 5.06. The van der Waals surface area contributed by atoms with Gasteiger partial charge in [-0.05, 0) is 36.6 Å². The molecule has 30 heavy (non-hydrogen) atoms. The Bertz CT molecular complexity index is 1430. The molecule has 0 radical (unpaired) electrons. The molecule has 3 heterocycles. The van der Waals surface area contributed by atoms with Gasteiger partial charge in [-0.3, -0.25) is 9.36 Å². The summed E-state index contributed by atoms with van der Waals surface area (Å²) in [5, 5.41) is 9.27. The monoisotopic (exact) mass is 416 g/mol. The highest BCUT2D eigenvalue weighted by atomic mass is 35.5. The first-order valence-corrected chi connectivity index (χ1v) is 9.81. The molecular weight excluding hydrogens is 400 g/mol. The third-order valence-corrected chi connectivity index (χ3v) is 5.38. The van der Waals surface area contributed by atoms with Crippen LogP contribution in [0.3, 0.4) is 0 Å². The van der Waals surface area contributed by atoms with E-state index in [1.54, 1.807) is 27.7 Å². The van der Waals surface area contributed by atoms with Gasteiger partial charge in [-0.25, -0.2) is 14.5 Å². The van der Waals surface area contributed by atoms with Gasteiger partial charge in [-0.1, -0.05) is 41.9 Å². The van der Waals surface area contributed by atoms with E-state index in [0.717, 1.165) is 22.3 Å². The first kappa shape index (κ1) is 18.3. The van der Waals surface area contributed by atoms with Gasteiger partial charge in [0.1, 0.15) is 18.2 Å². The molecule has 5 aromatic rings. The SMILES string of the molecule is C[C@H](Nc1ncnn2cncc12)c1cc2cccc(Cl)c2c(=O)n1-c1ccccc1. The molecule has 5 rings (SSSR count). The minimum Gasteiger partial charge on any atom is -0.360 e. The highest BCUT2D eigenvalue weighted by Crippen LogP contribution is 2.27. The van der Waals surface area contributed by atoms with Crippen LogP contribution in [0.15, 0.2) is 78.2 Å². The van der Waals surface area contributed by atoms with Crippen LogP contribution in [-0.2, 0) is 0 Å². The number of halogens is 1. The van der Waals surface area contributed by atoms with E-state index < -0.39 is 0 Å². The fourth-order valence-corrected chi connectivity index (χ4v) is 3.91. The number of imidazole rings is 1. The Morgan fingerprint density at radius 2 is 1.93 bits per heavy atom. The predicted molar refractivity (Wildman–Crippen MR) is 117 cm³/mol. The number of pyridine rings is 1. The first-order chi connectivity index (χ1) is 14.6. The van der Waals surface area contributed by atoms with Crippen molar-refractivity contribution >= 4 is 33.7 Å². The van der Waals surface area contributed by atoms with Gasteiger partial charge >= 0.3 is 0 Å². The summed E-state index contributed by atoms with van der Waals surface area (Å²) in [7, 11) is 0. The molecule has 7 nitrogen and oxygen atoms in total. The molecular formula is C22H17ClN6O. The molecule has 8 heteroatoms. The number of hydrogen-bond donors (Lipinski definition) is 1. The lowest BCUT2D eigenvalue weighted by atomic mass is 10.1. The summed E-state index contributed by atoms with van der Waals surface area (Å²) in [4.78, 5) is 22.0. The number of rotatable bonds is 4. The van der Waals surface area contributed by atoms with E-state index in [1.807, 2.05) is 55.5 Å². The van der Waals surface area contributed by atoms with Crippen LogP contribution >= 0.6 is 11.6 Å². The van der Waals surface area contributed by atoms with Crippen LogP contribution in [-0.4, -0.2) is 24.1 Å². The number of aromatic nitrogens is 5. The van der Waals surface area contributed by atoms with Gasteiger partial charge in [0.2, 0.25) is 0 Å². The Balaban J connectivity index is 1.71. The van der Waals surface area contributed by atoms with Crippen molar-refractivity contribution in [2.75, 3.05) is 5.32 Å². The summed E-state index contributed by atoms with van der Waals surface area (Å²) < 4.78 is 3.34. The van der Waals surface area contributed by atoms with E-state index in [0.29, 0.717) is 16.2 Å². The van der Waals surface area contributed by atoms with E-state index in [9.17, 15) is 4.79 Å². The molecule has 0 aliphatic heterocycles. The molecule has 0 aliphatic rings. The summed E-state index contributed by atoms with van der Waals surface area (Å²) in [6, 6.07) is 16.8. The lowest BCUT2D eigenvalue weighted by molar-refractivity contribution is 0.770. The second-order valence-corrected chi connectivity index (χ2v) is 7.35. The molecule has 2 aromatic carbocycles. The van der Waals surface area contributed by atoms with E-state index in [4.69, 9.17) is 11.6 Å². The quantitative estimate of drug-likeness (QED) is 0.473. The number of hydrogen-bond acceptors (Lipinski definition) is 5. The normalized spacial score (nSPS) is 12.3. The predicted octanol–water partition coefficient (Wildman–Crippen LogP) is 4.25. The minimum absolute atomic E-state index is 0.162. The second-order valence-electron chi connectivity index (χ2n) is 6.95. The van der Waals surface area contributed by atoms with Crippen molar-refractivity contribution in [3.8, 4) is 5.69 Å². The Hall–Kier alpha value is -3.71. The molecule has 0 fully saturated rings. The Kier molecular flexibility index (Phi) is 4.44. The Labute approximate surface area is 176 Å². The number of nitrogens with one attached hydrogen (secondary N) is 1. The molecule has 0 saturated carbocycles. The van der Waals surface area contributed by atoms with Crippen LogP contribution in [0.5, 0.6) is 0 Å². The number of anilines is 1. The van der Waals surface area contributed by atoms with E-state index >= 15 is 0 Å². The van der Waals surface area contributed by atoms with E-state index in [2.05, 4.69) is 20.4 Å². The zero-order chi connectivity index (χ0) is 20.7. The molecule has 1 N–H and O–H groups in total. The van der Waals surface area contributed by atoms with Gasteiger partial charge in [0.15, 0.2) is 5.82 Å². The minimum atomic E-state index is -0.241. The number of para-hydroxylation sites is 1. The molecule has 0 unspecified atom stereocenters. The molecule has 1 atom stereocenters. The fourth-order valence-electron chi connectivity index (χ4n) is 3.65. The molecule has 0 amide bonds.